The normalized spacial score (nSPS) is 11.3. The first kappa shape index (κ1) is 28.4. The maximum Gasteiger partial charge on any atom is 0.135 e. The highest BCUT2D eigenvalue weighted by atomic mass is 16.1. The van der Waals surface area contributed by atoms with Crippen LogP contribution < -0.4 is 10.6 Å². The number of aldehydes is 1. The van der Waals surface area contributed by atoms with E-state index in [1.807, 2.05) is 55.2 Å². The van der Waals surface area contributed by atoms with Crippen LogP contribution in [0.25, 0.3) is 5.57 Å². The van der Waals surface area contributed by atoms with E-state index in [1.165, 1.54) is 5.56 Å². The van der Waals surface area contributed by atoms with Crippen molar-refractivity contribution in [1.29, 1.82) is 0 Å². The van der Waals surface area contributed by atoms with Gasteiger partial charge in [0.2, 0.25) is 0 Å². The molecule has 1 aliphatic carbocycles. The molecule has 4 rings (SSSR count). The van der Waals surface area contributed by atoms with Gasteiger partial charge in [0, 0.05) is 44.2 Å². The molecule has 2 aromatic heterocycles. The van der Waals surface area contributed by atoms with Crippen LogP contribution in [0.3, 0.4) is 0 Å². The Kier molecular flexibility index (Phi) is 13.4. The quantitative estimate of drug-likeness (QED) is 0.320. The molecule has 0 spiro atoms. The Morgan fingerprint density at radius 1 is 1.21 bits per heavy atom. The van der Waals surface area contributed by atoms with Crippen molar-refractivity contribution in [3.8, 4) is 0 Å². The van der Waals surface area contributed by atoms with Gasteiger partial charge in [0.05, 0.1) is 12.2 Å². The maximum absolute atomic E-state index is 9.57. The highest BCUT2D eigenvalue weighted by molar-refractivity contribution is 5.57. The van der Waals surface area contributed by atoms with Gasteiger partial charge in [0.15, 0.2) is 0 Å². The summed E-state index contributed by atoms with van der Waals surface area (Å²) in [7, 11) is 3.85. The molecule has 2 heterocycles. The van der Waals surface area contributed by atoms with E-state index in [9.17, 15) is 4.79 Å². The lowest BCUT2D eigenvalue weighted by Gasteiger charge is -2.05. The second-order valence-corrected chi connectivity index (χ2v) is 7.79. The van der Waals surface area contributed by atoms with E-state index >= 15 is 0 Å². The average Bonchev–Trinajstić information content (AvgIpc) is 3.66. The SMILES string of the molecule is C=C.C=C(CC)c1nc(CNc2ccnc(NC)c2)cn1C.Cc1ccccc1.O=CC1CC1. The van der Waals surface area contributed by atoms with Gasteiger partial charge in [-0.15, -0.1) is 13.2 Å². The number of aryl methyl sites for hydroxylation is 2. The minimum atomic E-state index is 0.454. The van der Waals surface area contributed by atoms with E-state index in [1.54, 1.807) is 6.20 Å². The van der Waals surface area contributed by atoms with Gasteiger partial charge in [-0.25, -0.2) is 9.97 Å². The number of carbonyl (C=O) groups excluding carboxylic acids is 1. The maximum atomic E-state index is 9.57. The van der Waals surface area contributed by atoms with Gasteiger partial charge in [-0.2, -0.15) is 0 Å². The number of pyridine rings is 1. The third-order valence-corrected chi connectivity index (χ3v) is 4.91. The van der Waals surface area contributed by atoms with Gasteiger partial charge < -0.3 is 20.0 Å². The van der Waals surface area contributed by atoms with Crippen LogP contribution in [0.5, 0.6) is 0 Å². The molecule has 1 saturated carbocycles. The number of hydrogen-bond acceptors (Lipinski definition) is 5. The van der Waals surface area contributed by atoms with E-state index in [2.05, 4.69) is 66.3 Å². The molecule has 0 amide bonds. The summed E-state index contributed by atoms with van der Waals surface area (Å²) in [5.74, 6) is 2.25. The average molecular weight is 462 g/mol. The van der Waals surface area contributed by atoms with Crippen molar-refractivity contribution in [3.05, 3.63) is 91.7 Å². The summed E-state index contributed by atoms with van der Waals surface area (Å²) >= 11 is 0. The second-order valence-electron chi connectivity index (χ2n) is 7.79. The van der Waals surface area contributed by atoms with Gasteiger partial charge in [-0.05, 0) is 37.8 Å². The lowest BCUT2D eigenvalue weighted by atomic mass is 10.2. The van der Waals surface area contributed by atoms with E-state index in [-0.39, 0.29) is 0 Å². The first-order chi connectivity index (χ1) is 16.5. The first-order valence-electron chi connectivity index (χ1n) is 11.5. The molecule has 1 aromatic carbocycles. The molecule has 6 nitrogen and oxygen atoms in total. The van der Waals surface area contributed by atoms with Crippen LogP contribution in [0.15, 0.2) is 74.6 Å². The molecule has 2 N–H and O–H groups in total. The van der Waals surface area contributed by atoms with Gasteiger partial charge in [-0.3, -0.25) is 0 Å². The number of anilines is 2. The van der Waals surface area contributed by atoms with E-state index in [0.717, 1.165) is 54.1 Å². The predicted octanol–water partition coefficient (Wildman–Crippen LogP) is 6.28. The molecule has 0 unspecified atom stereocenters. The van der Waals surface area contributed by atoms with Crippen LogP contribution >= 0.6 is 0 Å². The van der Waals surface area contributed by atoms with Crippen molar-refractivity contribution >= 4 is 23.4 Å². The summed E-state index contributed by atoms with van der Waals surface area (Å²) in [6.45, 7) is 14.9. The number of benzene rings is 1. The number of allylic oxidation sites excluding steroid dienone is 1. The number of rotatable bonds is 7. The minimum Gasteiger partial charge on any atom is -0.379 e. The third-order valence-electron chi connectivity index (χ3n) is 4.91. The van der Waals surface area contributed by atoms with Crippen molar-refractivity contribution in [2.24, 2.45) is 13.0 Å². The Morgan fingerprint density at radius 3 is 2.35 bits per heavy atom. The number of nitrogens with one attached hydrogen (secondary N) is 2. The van der Waals surface area contributed by atoms with Gasteiger partial charge in [0.25, 0.3) is 0 Å². The Balaban J connectivity index is 0.000000334. The monoisotopic (exact) mass is 461 g/mol. The molecule has 6 heteroatoms. The van der Waals surface area contributed by atoms with Crippen molar-refractivity contribution < 1.29 is 4.79 Å². The highest BCUT2D eigenvalue weighted by Gasteiger charge is 2.18. The smallest absolute Gasteiger partial charge is 0.135 e. The standard InChI is InChI=1S/C15H21N5.C7H8.C4H6O.C2H4/c1-5-11(2)15-19-13(10-20(15)4)9-18-12-6-7-17-14(8-12)16-3;1-7-5-3-2-4-6-7;5-3-4-1-2-4;1-2/h6-8,10H,2,5,9H2,1,3-4H3,(H2,16,17,18);2-6H,1H3;3-4H,1-2H2;1-2H2. The minimum absolute atomic E-state index is 0.454. The summed E-state index contributed by atoms with van der Waals surface area (Å²) < 4.78 is 2.02. The molecular weight excluding hydrogens is 422 g/mol. The molecule has 3 aromatic rings. The van der Waals surface area contributed by atoms with Gasteiger partial charge >= 0.3 is 0 Å². The van der Waals surface area contributed by atoms with E-state index in [0.29, 0.717) is 12.5 Å². The largest absolute Gasteiger partial charge is 0.379 e. The number of imidazole rings is 1. The zero-order chi connectivity index (χ0) is 25.3. The number of carbonyl (C=O) groups is 1. The predicted molar refractivity (Wildman–Crippen MR) is 145 cm³/mol. The third kappa shape index (κ3) is 10.8. The Hall–Kier alpha value is -3.67. The summed E-state index contributed by atoms with van der Waals surface area (Å²) in [4.78, 5) is 18.4. The summed E-state index contributed by atoms with van der Waals surface area (Å²) in [5, 5.41) is 6.37. The van der Waals surface area contributed by atoms with Crippen LogP contribution in [0.4, 0.5) is 11.5 Å². The molecule has 0 atom stereocenters. The van der Waals surface area contributed by atoms with Crippen molar-refractivity contribution in [2.45, 2.75) is 39.7 Å². The Labute approximate surface area is 204 Å². The molecule has 1 fully saturated rings. The summed E-state index contributed by atoms with van der Waals surface area (Å²) in [5.41, 5.74) is 4.40. The van der Waals surface area contributed by atoms with Crippen molar-refractivity contribution in [3.63, 3.8) is 0 Å². The molecular formula is C28H39N5O. The van der Waals surface area contributed by atoms with Crippen LogP contribution in [-0.2, 0) is 18.4 Å². The van der Waals surface area contributed by atoms with Crippen LogP contribution in [0.1, 0.15) is 43.3 Å². The molecule has 0 saturated heterocycles. The number of aromatic nitrogens is 3. The zero-order valence-corrected chi connectivity index (χ0v) is 21.1. The summed E-state index contributed by atoms with van der Waals surface area (Å²) in [6.07, 6.45) is 8.03. The van der Waals surface area contributed by atoms with E-state index < -0.39 is 0 Å². The van der Waals surface area contributed by atoms with Crippen LogP contribution in [-0.4, -0.2) is 27.9 Å². The van der Waals surface area contributed by atoms with Crippen molar-refractivity contribution in [2.75, 3.05) is 17.7 Å². The fourth-order valence-corrected chi connectivity index (χ4v) is 2.74. The first-order valence-corrected chi connectivity index (χ1v) is 11.5. The van der Waals surface area contributed by atoms with E-state index in [4.69, 9.17) is 0 Å². The molecule has 0 bridgehead atoms. The lowest BCUT2D eigenvalue weighted by Crippen LogP contribution is -2.01. The Morgan fingerprint density at radius 2 is 1.88 bits per heavy atom. The van der Waals surface area contributed by atoms with Crippen LogP contribution in [0, 0.1) is 12.8 Å². The molecule has 0 radical (unpaired) electrons. The molecule has 1 aliphatic rings. The molecule has 34 heavy (non-hydrogen) atoms. The number of nitrogens with zero attached hydrogens (tertiary/aromatic N) is 3. The lowest BCUT2D eigenvalue weighted by molar-refractivity contribution is -0.108. The zero-order valence-electron chi connectivity index (χ0n) is 21.1. The molecule has 0 aliphatic heterocycles. The highest BCUT2D eigenvalue weighted by Crippen LogP contribution is 2.25. The van der Waals surface area contributed by atoms with Gasteiger partial charge in [0.1, 0.15) is 17.9 Å². The van der Waals surface area contributed by atoms with Gasteiger partial charge in [-0.1, -0.05) is 49.4 Å². The topological polar surface area (TPSA) is 71.8 Å². The fraction of sp³-hybridized carbons (Fsp3) is 0.321. The van der Waals surface area contributed by atoms with Crippen LogP contribution in [0.2, 0.25) is 0 Å². The molecule has 182 valence electrons. The summed E-state index contributed by atoms with van der Waals surface area (Å²) in [6, 6.07) is 14.2. The fourth-order valence-electron chi connectivity index (χ4n) is 2.74. The Bertz CT molecular complexity index is 993. The van der Waals surface area contributed by atoms with Crippen molar-refractivity contribution in [1.82, 2.24) is 14.5 Å². The number of hydrogen-bond donors (Lipinski definition) is 2. The second kappa shape index (κ2) is 16.0.